The Labute approximate surface area is 138 Å². The van der Waals surface area contributed by atoms with Crippen LogP contribution in [0.4, 0.5) is 5.69 Å². The van der Waals surface area contributed by atoms with Crippen molar-refractivity contribution in [1.82, 2.24) is 10.9 Å². The molecule has 7 heteroatoms. The maximum Gasteiger partial charge on any atom is 0.269 e. The lowest BCUT2D eigenvalue weighted by molar-refractivity contribution is -0.384. The molecule has 0 spiro atoms. The fraction of sp³-hybridized carbons (Fsp3) is 0.0588. The van der Waals surface area contributed by atoms with Gasteiger partial charge in [0.2, 0.25) is 0 Å². The molecule has 0 aliphatic rings. The second-order valence-corrected chi connectivity index (χ2v) is 4.94. The van der Waals surface area contributed by atoms with Gasteiger partial charge in [0.15, 0.2) is 5.78 Å². The Morgan fingerprint density at radius 3 is 2.17 bits per heavy atom. The first-order valence-corrected chi connectivity index (χ1v) is 7.06. The molecule has 2 aromatic rings. The van der Waals surface area contributed by atoms with Crippen molar-refractivity contribution in [2.45, 2.75) is 6.92 Å². The average Bonchev–Trinajstić information content (AvgIpc) is 2.60. The number of amides is 1. The molecule has 0 aromatic heterocycles. The van der Waals surface area contributed by atoms with Gasteiger partial charge in [0.05, 0.1) is 4.92 Å². The largest absolute Gasteiger partial charge is 0.303 e. The molecule has 0 saturated carbocycles. The number of hydrogen-bond donors (Lipinski definition) is 2. The molecule has 0 bridgehead atoms. The predicted octanol–water partition coefficient (Wildman–Crippen LogP) is 2.62. The minimum absolute atomic E-state index is 0.0829. The lowest BCUT2D eigenvalue weighted by Gasteiger charge is -2.08. The van der Waals surface area contributed by atoms with E-state index >= 15 is 0 Å². The third-order valence-corrected chi connectivity index (χ3v) is 3.12. The molecule has 0 heterocycles. The molecule has 0 atom stereocenters. The molecular weight excluding hydrogens is 310 g/mol. The van der Waals surface area contributed by atoms with Gasteiger partial charge in [-0.3, -0.25) is 25.1 Å². The van der Waals surface area contributed by atoms with E-state index in [1.807, 2.05) is 0 Å². The lowest BCUT2D eigenvalue weighted by atomic mass is 10.1. The number of ketones is 1. The molecule has 0 fully saturated rings. The highest BCUT2D eigenvalue weighted by Crippen LogP contribution is 2.12. The molecule has 0 aliphatic heterocycles. The lowest BCUT2D eigenvalue weighted by Crippen LogP contribution is -2.36. The molecular formula is C17H15N3O4. The molecule has 7 nitrogen and oxygen atoms in total. The molecule has 1 amide bonds. The minimum atomic E-state index is -0.532. The van der Waals surface area contributed by atoms with Crippen molar-refractivity contribution in [3.8, 4) is 0 Å². The number of nitro groups is 1. The van der Waals surface area contributed by atoms with Crippen LogP contribution in [0.2, 0.25) is 0 Å². The van der Waals surface area contributed by atoms with E-state index in [9.17, 15) is 19.7 Å². The van der Waals surface area contributed by atoms with Crippen LogP contribution in [-0.4, -0.2) is 16.6 Å². The number of benzene rings is 2. The van der Waals surface area contributed by atoms with Crippen LogP contribution >= 0.6 is 0 Å². The van der Waals surface area contributed by atoms with Crippen LogP contribution in [0.1, 0.15) is 27.6 Å². The van der Waals surface area contributed by atoms with E-state index in [-0.39, 0.29) is 17.4 Å². The van der Waals surface area contributed by atoms with Crippen molar-refractivity contribution in [2.24, 2.45) is 0 Å². The average molecular weight is 325 g/mol. The van der Waals surface area contributed by atoms with E-state index in [1.165, 1.54) is 30.3 Å². The molecule has 0 unspecified atom stereocenters. The van der Waals surface area contributed by atoms with Crippen molar-refractivity contribution in [3.05, 3.63) is 87.6 Å². The number of hydrazine groups is 1. The smallest absolute Gasteiger partial charge is 0.269 e. The monoisotopic (exact) mass is 325 g/mol. The van der Waals surface area contributed by atoms with Crippen LogP contribution in [0.5, 0.6) is 0 Å². The third kappa shape index (κ3) is 4.51. The summed E-state index contributed by atoms with van der Waals surface area (Å²) in [5, 5.41) is 10.6. The van der Waals surface area contributed by atoms with Crippen LogP contribution in [0.3, 0.4) is 0 Å². The van der Waals surface area contributed by atoms with Crippen LogP contribution in [-0.2, 0) is 0 Å². The Balaban J connectivity index is 1.96. The van der Waals surface area contributed by atoms with E-state index < -0.39 is 4.92 Å². The van der Waals surface area contributed by atoms with E-state index in [4.69, 9.17) is 0 Å². The highest BCUT2D eigenvalue weighted by Gasteiger charge is 2.08. The van der Waals surface area contributed by atoms with Crippen LogP contribution in [0, 0.1) is 10.1 Å². The zero-order chi connectivity index (χ0) is 17.5. The maximum atomic E-state index is 12.1. The Morgan fingerprint density at radius 2 is 1.58 bits per heavy atom. The van der Waals surface area contributed by atoms with Gasteiger partial charge in [0, 0.05) is 35.0 Å². The van der Waals surface area contributed by atoms with Gasteiger partial charge in [-0.25, -0.2) is 0 Å². The van der Waals surface area contributed by atoms with Crippen LogP contribution in [0.15, 0.2) is 66.4 Å². The highest BCUT2D eigenvalue weighted by molar-refractivity contribution is 6.05. The van der Waals surface area contributed by atoms with Gasteiger partial charge in [0.25, 0.3) is 11.6 Å². The number of carbonyl (C=O) groups excluding carboxylic acids is 2. The fourth-order valence-electron chi connectivity index (χ4n) is 1.88. The van der Waals surface area contributed by atoms with E-state index in [2.05, 4.69) is 10.9 Å². The van der Waals surface area contributed by atoms with Crippen molar-refractivity contribution in [2.75, 3.05) is 0 Å². The number of nitro benzene ring substituents is 1. The van der Waals surface area contributed by atoms with Gasteiger partial charge < -0.3 is 5.43 Å². The molecule has 122 valence electrons. The van der Waals surface area contributed by atoms with Gasteiger partial charge >= 0.3 is 0 Å². The summed E-state index contributed by atoms with van der Waals surface area (Å²) in [5.41, 5.74) is 6.28. The number of carbonyl (C=O) groups is 2. The molecule has 0 saturated heterocycles. The molecule has 0 radical (unpaired) electrons. The molecule has 2 aromatic carbocycles. The normalized spacial score (nSPS) is 10.8. The summed E-state index contributed by atoms with van der Waals surface area (Å²) >= 11 is 0. The fourth-order valence-corrected chi connectivity index (χ4v) is 1.88. The second-order valence-electron chi connectivity index (χ2n) is 4.94. The second kappa shape index (κ2) is 7.68. The minimum Gasteiger partial charge on any atom is -0.303 e. The van der Waals surface area contributed by atoms with Crippen molar-refractivity contribution >= 4 is 17.4 Å². The molecule has 0 aliphatic carbocycles. The Bertz CT molecular complexity index is 783. The number of nitrogens with zero attached hydrogens (tertiary/aromatic N) is 1. The summed E-state index contributed by atoms with van der Waals surface area (Å²) in [5.74, 6) is -0.657. The summed E-state index contributed by atoms with van der Waals surface area (Å²) in [7, 11) is 0. The van der Waals surface area contributed by atoms with Gasteiger partial charge in [-0.2, -0.15) is 0 Å². The topological polar surface area (TPSA) is 101 Å². The van der Waals surface area contributed by atoms with Crippen LogP contribution < -0.4 is 10.9 Å². The summed E-state index contributed by atoms with van der Waals surface area (Å²) in [4.78, 5) is 34.0. The van der Waals surface area contributed by atoms with Gasteiger partial charge in [-0.1, -0.05) is 18.2 Å². The quantitative estimate of drug-likeness (QED) is 0.368. The highest BCUT2D eigenvalue weighted by atomic mass is 16.6. The maximum absolute atomic E-state index is 12.1. The number of nitrogens with one attached hydrogen (secondary N) is 2. The van der Waals surface area contributed by atoms with Crippen molar-refractivity contribution in [3.63, 3.8) is 0 Å². The number of allylic oxidation sites excluding steroid dienone is 2. The predicted molar refractivity (Wildman–Crippen MR) is 88.2 cm³/mol. The van der Waals surface area contributed by atoms with E-state index in [0.29, 0.717) is 16.8 Å². The van der Waals surface area contributed by atoms with Crippen molar-refractivity contribution < 1.29 is 14.5 Å². The van der Waals surface area contributed by atoms with E-state index in [0.717, 1.165) is 0 Å². The summed E-state index contributed by atoms with van der Waals surface area (Å²) in [6.07, 6.45) is 1.30. The van der Waals surface area contributed by atoms with Crippen LogP contribution in [0.25, 0.3) is 0 Å². The first-order chi connectivity index (χ1) is 11.5. The number of hydrogen-bond acceptors (Lipinski definition) is 5. The van der Waals surface area contributed by atoms with E-state index in [1.54, 1.807) is 37.3 Å². The summed E-state index contributed by atoms with van der Waals surface area (Å²) in [6.45, 7) is 1.62. The number of rotatable bonds is 6. The number of non-ortho nitro benzene ring substituents is 1. The third-order valence-electron chi connectivity index (χ3n) is 3.12. The Kier molecular flexibility index (Phi) is 5.40. The first kappa shape index (κ1) is 16.9. The van der Waals surface area contributed by atoms with Gasteiger partial charge in [-0.15, -0.1) is 0 Å². The molecule has 2 N–H and O–H groups in total. The standard InChI is InChI=1S/C17H15N3O4/c1-12(18-19-17(22)14-5-3-2-4-6-14)11-16(21)13-7-9-15(10-8-13)20(23)24/h2-11,18H,1H3,(H,19,22)/b12-11+. The van der Waals surface area contributed by atoms with Gasteiger partial charge in [-0.05, 0) is 31.2 Å². The first-order valence-electron chi connectivity index (χ1n) is 7.06. The van der Waals surface area contributed by atoms with Gasteiger partial charge in [0.1, 0.15) is 0 Å². The zero-order valence-corrected chi connectivity index (χ0v) is 12.9. The SMILES string of the molecule is C/C(=C\C(=O)c1ccc([N+](=O)[O-])cc1)NNC(=O)c1ccccc1. The molecule has 2 rings (SSSR count). The molecule has 24 heavy (non-hydrogen) atoms. The Hall–Kier alpha value is -3.48. The summed E-state index contributed by atoms with van der Waals surface area (Å²) in [6, 6.07) is 13.9. The Morgan fingerprint density at radius 1 is 0.958 bits per heavy atom. The summed E-state index contributed by atoms with van der Waals surface area (Å²) < 4.78 is 0. The zero-order valence-electron chi connectivity index (χ0n) is 12.9. The van der Waals surface area contributed by atoms with Crippen molar-refractivity contribution in [1.29, 1.82) is 0 Å².